The molecule has 82 valence electrons. The summed E-state index contributed by atoms with van der Waals surface area (Å²) in [5.41, 5.74) is 1.70. The second-order valence-electron chi connectivity index (χ2n) is 3.88. The molecule has 5 heteroatoms. The van der Waals surface area contributed by atoms with E-state index >= 15 is 0 Å². The first kappa shape index (κ1) is 10.0. The highest BCUT2D eigenvalue weighted by atomic mass is 16.1. The van der Waals surface area contributed by atoms with Crippen molar-refractivity contribution in [1.82, 2.24) is 15.1 Å². The maximum atomic E-state index is 11.6. The number of fused-ring (bicyclic) bond motifs is 1. The lowest BCUT2D eigenvalue weighted by Crippen LogP contribution is -2.23. The predicted molar refractivity (Wildman–Crippen MR) is 55.5 cm³/mol. The van der Waals surface area contributed by atoms with Gasteiger partial charge in [-0.2, -0.15) is 0 Å². The molecule has 0 aliphatic carbocycles. The van der Waals surface area contributed by atoms with Crippen LogP contribution >= 0.6 is 0 Å². The van der Waals surface area contributed by atoms with Crippen LogP contribution in [-0.2, 0) is 24.3 Å². The van der Waals surface area contributed by atoms with Crippen LogP contribution in [-0.4, -0.2) is 15.7 Å². The molecule has 0 saturated carbocycles. The predicted octanol–water partition coefficient (Wildman–Crippen LogP) is 0.149. The number of aromatic amines is 1. The third-order valence-electron chi connectivity index (χ3n) is 2.74. The van der Waals surface area contributed by atoms with E-state index in [0.29, 0.717) is 12.1 Å². The van der Waals surface area contributed by atoms with Crippen LogP contribution in [0.2, 0.25) is 0 Å². The van der Waals surface area contributed by atoms with Gasteiger partial charge in [-0.3, -0.25) is 19.4 Å². The molecule has 1 aromatic rings. The summed E-state index contributed by atoms with van der Waals surface area (Å²) in [4.78, 5) is 22.4. The van der Waals surface area contributed by atoms with Gasteiger partial charge in [0.1, 0.15) is 0 Å². The zero-order chi connectivity index (χ0) is 10.8. The molecule has 2 heterocycles. The Morgan fingerprint density at radius 2 is 2.33 bits per heavy atom. The van der Waals surface area contributed by atoms with Gasteiger partial charge in [0.05, 0.1) is 12.1 Å². The van der Waals surface area contributed by atoms with Gasteiger partial charge in [0.15, 0.2) is 0 Å². The van der Waals surface area contributed by atoms with Crippen LogP contribution in [0, 0.1) is 0 Å². The monoisotopic (exact) mass is 209 g/mol. The molecule has 2 rings (SSSR count). The SMILES string of the molecule is CC(=O)NCc1c2n([nH]c1=O)CCCC2. The normalized spacial score (nSPS) is 14.7. The first-order valence-corrected chi connectivity index (χ1v) is 5.23. The summed E-state index contributed by atoms with van der Waals surface area (Å²) in [5, 5.41) is 5.47. The average molecular weight is 209 g/mol. The number of aromatic nitrogens is 2. The van der Waals surface area contributed by atoms with E-state index in [-0.39, 0.29) is 11.5 Å². The van der Waals surface area contributed by atoms with Gasteiger partial charge in [0.2, 0.25) is 5.91 Å². The van der Waals surface area contributed by atoms with E-state index in [0.717, 1.165) is 31.5 Å². The molecule has 0 aromatic carbocycles. The van der Waals surface area contributed by atoms with Crippen molar-refractivity contribution in [1.29, 1.82) is 0 Å². The molecule has 0 unspecified atom stereocenters. The summed E-state index contributed by atoms with van der Waals surface area (Å²) in [6.07, 6.45) is 3.15. The van der Waals surface area contributed by atoms with Gasteiger partial charge in [-0.25, -0.2) is 0 Å². The van der Waals surface area contributed by atoms with Crippen molar-refractivity contribution in [2.24, 2.45) is 0 Å². The summed E-state index contributed by atoms with van der Waals surface area (Å²) >= 11 is 0. The second-order valence-corrected chi connectivity index (χ2v) is 3.88. The maximum absolute atomic E-state index is 11.6. The van der Waals surface area contributed by atoms with E-state index in [1.807, 2.05) is 4.68 Å². The highest BCUT2D eigenvalue weighted by Crippen LogP contribution is 2.14. The molecule has 0 saturated heterocycles. The van der Waals surface area contributed by atoms with E-state index in [9.17, 15) is 9.59 Å². The Kier molecular flexibility index (Phi) is 2.62. The Morgan fingerprint density at radius 3 is 3.07 bits per heavy atom. The zero-order valence-corrected chi connectivity index (χ0v) is 8.80. The van der Waals surface area contributed by atoms with Crippen molar-refractivity contribution in [2.45, 2.75) is 39.3 Å². The molecule has 1 aromatic heterocycles. The fraction of sp³-hybridized carbons (Fsp3) is 0.600. The number of amides is 1. The van der Waals surface area contributed by atoms with Crippen LogP contribution in [0.5, 0.6) is 0 Å². The van der Waals surface area contributed by atoms with Gasteiger partial charge in [-0.1, -0.05) is 0 Å². The Bertz CT molecular complexity index is 430. The standard InChI is InChI=1S/C10H15N3O2/c1-7(14)11-6-8-9-4-2-3-5-13(9)12-10(8)15/h2-6H2,1H3,(H,11,14)(H,12,15). The second kappa shape index (κ2) is 3.92. The molecule has 0 bridgehead atoms. The largest absolute Gasteiger partial charge is 0.352 e. The highest BCUT2D eigenvalue weighted by Gasteiger charge is 2.17. The summed E-state index contributed by atoms with van der Waals surface area (Å²) < 4.78 is 1.91. The minimum absolute atomic E-state index is 0.0688. The third kappa shape index (κ3) is 1.95. The minimum Gasteiger partial charge on any atom is -0.352 e. The quantitative estimate of drug-likeness (QED) is 0.728. The lowest BCUT2D eigenvalue weighted by Gasteiger charge is -2.14. The smallest absolute Gasteiger partial charge is 0.269 e. The van der Waals surface area contributed by atoms with E-state index in [1.54, 1.807) is 0 Å². The summed E-state index contributed by atoms with van der Waals surface area (Å²) in [6.45, 7) is 2.67. The maximum Gasteiger partial charge on any atom is 0.269 e. The number of nitrogens with zero attached hydrogens (tertiary/aromatic N) is 1. The molecule has 1 aliphatic heterocycles. The van der Waals surface area contributed by atoms with Crippen molar-refractivity contribution in [3.8, 4) is 0 Å². The fourth-order valence-electron chi connectivity index (χ4n) is 1.99. The van der Waals surface area contributed by atoms with Crippen LogP contribution in [0.4, 0.5) is 0 Å². The van der Waals surface area contributed by atoms with Crippen molar-refractivity contribution < 1.29 is 4.79 Å². The van der Waals surface area contributed by atoms with E-state index in [1.165, 1.54) is 6.92 Å². The zero-order valence-electron chi connectivity index (χ0n) is 8.80. The van der Waals surface area contributed by atoms with Gasteiger partial charge in [0.25, 0.3) is 5.56 Å². The molecule has 1 amide bonds. The summed E-state index contributed by atoms with van der Waals surface area (Å²) in [6, 6.07) is 0. The van der Waals surface area contributed by atoms with E-state index in [4.69, 9.17) is 0 Å². The Labute approximate surface area is 87.5 Å². The van der Waals surface area contributed by atoms with E-state index < -0.39 is 0 Å². The van der Waals surface area contributed by atoms with Crippen LogP contribution in [0.1, 0.15) is 31.0 Å². The third-order valence-corrected chi connectivity index (χ3v) is 2.74. The van der Waals surface area contributed by atoms with Crippen LogP contribution in [0.25, 0.3) is 0 Å². The average Bonchev–Trinajstić information content (AvgIpc) is 2.50. The Balaban J connectivity index is 2.26. The van der Waals surface area contributed by atoms with Gasteiger partial charge < -0.3 is 5.32 Å². The number of hydrogen-bond donors (Lipinski definition) is 2. The molecule has 1 aliphatic rings. The van der Waals surface area contributed by atoms with Gasteiger partial charge in [0, 0.05) is 19.2 Å². The number of hydrogen-bond acceptors (Lipinski definition) is 2. The molecular formula is C10H15N3O2. The number of rotatable bonds is 2. The first-order chi connectivity index (χ1) is 7.18. The topological polar surface area (TPSA) is 66.9 Å². The van der Waals surface area contributed by atoms with Crippen molar-refractivity contribution in [3.05, 3.63) is 21.6 Å². The highest BCUT2D eigenvalue weighted by molar-refractivity contribution is 5.72. The lowest BCUT2D eigenvalue weighted by molar-refractivity contribution is -0.119. The summed E-state index contributed by atoms with van der Waals surface area (Å²) in [5.74, 6) is -0.106. The molecule has 0 spiro atoms. The fourth-order valence-corrected chi connectivity index (χ4v) is 1.99. The molecular weight excluding hydrogens is 194 g/mol. The molecule has 15 heavy (non-hydrogen) atoms. The van der Waals surface area contributed by atoms with Crippen molar-refractivity contribution in [3.63, 3.8) is 0 Å². The first-order valence-electron chi connectivity index (χ1n) is 5.23. The van der Waals surface area contributed by atoms with Crippen LogP contribution < -0.4 is 10.9 Å². The molecule has 0 atom stereocenters. The lowest BCUT2D eigenvalue weighted by atomic mass is 10.1. The number of aryl methyl sites for hydroxylation is 1. The van der Waals surface area contributed by atoms with Crippen molar-refractivity contribution >= 4 is 5.91 Å². The van der Waals surface area contributed by atoms with E-state index in [2.05, 4.69) is 10.4 Å². The van der Waals surface area contributed by atoms with Gasteiger partial charge in [-0.05, 0) is 19.3 Å². The van der Waals surface area contributed by atoms with Gasteiger partial charge >= 0.3 is 0 Å². The molecule has 0 fully saturated rings. The number of carbonyl (C=O) groups is 1. The number of H-pyrrole nitrogens is 1. The molecule has 0 radical (unpaired) electrons. The van der Waals surface area contributed by atoms with Crippen molar-refractivity contribution in [2.75, 3.05) is 0 Å². The minimum atomic E-state index is -0.106. The Hall–Kier alpha value is -1.52. The summed E-state index contributed by atoms with van der Waals surface area (Å²) in [7, 11) is 0. The number of carbonyl (C=O) groups excluding carboxylic acids is 1. The van der Waals surface area contributed by atoms with Crippen LogP contribution in [0.3, 0.4) is 0 Å². The molecule has 5 nitrogen and oxygen atoms in total. The molecule has 2 N–H and O–H groups in total. The van der Waals surface area contributed by atoms with Crippen LogP contribution in [0.15, 0.2) is 4.79 Å². The van der Waals surface area contributed by atoms with Gasteiger partial charge in [-0.15, -0.1) is 0 Å². The Morgan fingerprint density at radius 1 is 1.53 bits per heavy atom. The number of nitrogens with one attached hydrogen (secondary N) is 2.